The van der Waals surface area contributed by atoms with Crippen LogP contribution in [0, 0.1) is 23.3 Å². The van der Waals surface area contributed by atoms with Crippen LogP contribution in [-0.4, -0.2) is 176 Å². The molecule has 3 amide bonds. The molecular weight excluding hydrogens is 1600 g/mol. The van der Waals surface area contributed by atoms with E-state index in [1.165, 1.54) is 111 Å². The van der Waals surface area contributed by atoms with Gasteiger partial charge in [0.15, 0.2) is 12.2 Å². The van der Waals surface area contributed by atoms with Crippen molar-refractivity contribution in [2.45, 2.75) is 62.1 Å². The average Bonchev–Trinajstić information content (AvgIpc) is 1.68. The number of aromatic carboxylic acids is 1. The predicted molar refractivity (Wildman–Crippen MR) is 437 cm³/mol. The van der Waals surface area contributed by atoms with E-state index >= 15 is 0 Å². The molecule has 4 aromatic heterocycles. The third-order valence-electron chi connectivity index (χ3n) is 17.8. The number of Topliss-reactive ketones (excluding diaryl/α,β-unsaturated/α-hetero) is 2. The highest BCUT2D eigenvalue weighted by molar-refractivity contribution is 6.36. The first kappa shape index (κ1) is 93.7. The van der Waals surface area contributed by atoms with E-state index in [4.69, 9.17) is 15.9 Å². The van der Waals surface area contributed by atoms with Crippen molar-refractivity contribution in [3.05, 3.63) is 311 Å². The number of carbonyl (C=O) groups excluding carboxylic acids is 8. The summed E-state index contributed by atoms with van der Waals surface area (Å²) in [4.78, 5) is 120. The van der Waals surface area contributed by atoms with E-state index in [1.54, 1.807) is 119 Å². The topological polar surface area (TPSA) is 413 Å². The number of amides is 3. The van der Waals surface area contributed by atoms with Crippen LogP contribution < -0.4 is 21.7 Å². The van der Waals surface area contributed by atoms with Gasteiger partial charge in [-0.25, -0.2) is 41.5 Å². The normalized spacial score (nSPS) is 12.0. The number of aliphatic hydroxyl groups is 2. The Bertz CT molecular complexity index is 5560. The highest BCUT2D eigenvalue weighted by Crippen LogP contribution is 2.30. The second kappa shape index (κ2) is 45.4. The van der Waals surface area contributed by atoms with Gasteiger partial charge in [0, 0.05) is 94.1 Å². The molecule has 8 aromatic carbocycles. The third kappa shape index (κ3) is 26.3. The van der Waals surface area contributed by atoms with E-state index in [0.717, 1.165) is 30.9 Å². The molecule has 34 heteroatoms. The smallest absolute Gasteiger partial charge is 0.376 e. The van der Waals surface area contributed by atoms with Crippen LogP contribution in [0.2, 0.25) is 0 Å². The number of carboxylic acids is 2. The summed E-state index contributed by atoms with van der Waals surface area (Å²) in [5, 5.41) is 62.1. The van der Waals surface area contributed by atoms with Crippen LogP contribution >= 0.6 is 12.4 Å². The molecule has 0 fully saturated rings. The lowest BCUT2D eigenvalue weighted by atomic mass is 10.00. The number of methoxy groups -OCH3 is 3. The molecule has 29 nitrogen and oxygen atoms in total. The van der Waals surface area contributed by atoms with E-state index < -0.39 is 119 Å². The first-order valence-electron chi connectivity index (χ1n) is 36.5. The second-order valence-electron chi connectivity index (χ2n) is 26.5. The van der Waals surface area contributed by atoms with Crippen molar-refractivity contribution in [1.82, 2.24) is 55.1 Å². The standard InChI is InChI=1S/C22H22FN3O4.C22H20FN3O4.C21H18FN3O4.C11H9FN2O2.C11H15NO3.ClH/c2*1-26-13-16(19(25-26)15-10-6-7-11-17(15)23)21(28)24-18(20(27)22(29)30-2)12-14-8-4-3-5-9-14;1-25-12-15(18(24-25)14-9-5-6-10-16(14)22)20(27)23-17(19(26)21(28)29)11-13-7-3-2-4-8-13;1-14-6-8(11(15)16)10(13-14)7-4-2-3-5-9(7)12;1-15-11(14)10(13)9(12)7-8-5-3-2-4-6-8;/h3-11,13,18,20,27H,12H2,1-2H3,(H,24,28);3-11,13,18H,12H2,1-2H3,(H,24,28);2-10,12,17H,11H2,1H3,(H,23,27)(H,28,29);2-6H,1H3,(H,15,16);2-6,9-10,13H,7,12H2,1H3;1H. The fourth-order valence-corrected chi connectivity index (χ4v) is 11.9. The molecule has 121 heavy (non-hydrogen) atoms. The first-order chi connectivity index (χ1) is 57.4. The summed E-state index contributed by atoms with van der Waals surface area (Å²) in [6.07, 6.45) is 3.52. The highest BCUT2D eigenvalue weighted by Gasteiger charge is 2.34. The number of ketones is 2. The van der Waals surface area contributed by atoms with E-state index in [-0.39, 0.29) is 99.0 Å². The number of esters is 3. The second-order valence-corrected chi connectivity index (χ2v) is 26.5. The monoisotopic (exact) mass is 1680 g/mol. The van der Waals surface area contributed by atoms with Crippen LogP contribution in [-0.2, 0) is 96.9 Å². The number of benzene rings is 8. The van der Waals surface area contributed by atoms with Crippen molar-refractivity contribution in [2.75, 3.05) is 21.3 Å². The van der Waals surface area contributed by atoms with E-state index in [1.807, 2.05) is 66.7 Å². The molecule has 0 aliphatic rings. The van der Waals surface area contributed by atoms with Gasteiger partial charge < -0.3 is 56.3 Å². The SMILES string of the molecule is COC(=O)C(=O)C(Cc1ccccc1)NC(=O)c1cn(C)nc1-c1ccccc1F.COC(=O)C(O)C(Cc1ccccc1)NC(=O)c1cn(C)nc1-c1ccccc1F.COC(=O)C(O)C(N)Cc1ccccc1.Cl.Cn1cc(C(=O)NC(Cc2ccccc2)C(=O)C(=O)O)c(-c2ccccc2F)n1.Cn1cc(C(=O)O)c(-c2ccccc2F)n1. The fraction of sp³-hybridized carbons (Fsp3) is 0.195. The van der Waals surface area contributed by atoms with Crippen LogP contribution in [0.5, 0.6) is 0 Å². The van der Waals surface area contributed by atoms with Crippen LogP contribution in [0.3, 0.4) is 0 Å². The van der Waals surface area contributed by atoms with Crippen molar-refractivity contribution in [1.29, 1.82) is 0 Å². The van der Waals surface area contributed by atoms with Crippen LogP contribution in [0.15, 0.2) is 243 Å². The molecule has 6 atom stereocenters. The van der Waals surface area contributed by atoms with Gasteiger partial charge in [0.25, 0.3) is 29.3 Å². The molecule has 0 spiro atoms. The summed E-state index contributed by atoms with van der Waals surface area (Å²) in [7, 11) is 9.86. The average molecular weight is 1680 g/mol. The number of carboxylic acid groups (broad SMARTS) is 2. The van der Waals surface area contributed by atoms with Crippen molar-refractivity contribution in [3.63, 3.8) is 0 Å². The third-order valence-corrected chi connectivity index (χ3v) is 17.8. The van der Waals surface area contributed by atoms with Crippen molar-refractivity contribution >= 4 is 71.5 Å². The Hall–Kier alpha value is -14.4. The molecule has 0 aliphatic heterocycles. The summed E-state index contributed by atoms with van der Waals surface area (Å²) in [5.41, 5.74) is 10.3. The summed E-state index contributed by atoms with van der Waals surface area (Å²) < 4.78 is 75.3. The minimum Gasteiger partial charge on any atom is -0.478 e. The fourth-order valence-electron chi connectivity index (χ4n) is 11.9. The zero-order valence-electron chi connectivity index (χ0n) is 66.1. The van der Waals surface area contributed by atoms with Crippen molar-refractivity contribution in [2.24, 2.45) is 33.9 Å². The van der Waals surface area contributed by atoms with Gasteiger partial charge in [-0.2, -0.15) is 20.4 Å². The van der Waals surface area contributed by atoms with E-state index in [9.17, 15) is 75.7 Å². The number of nitrogens with one attached hydrogen (secondary N) is 3. The van der Waals surface area contributed by atoms with Gasteiger partial charge in [-0.3, -0.25) is 42.7 Å². The Morgan fingerprint density at radius 3 is 0.950 bits per heavy atom. The van der Waals surface area contributed by atoms with Crippen LogP contribution in [0.1, 0.15) is 63.7 Å². The Kier molecular flexibility index (Phi) is 35.1. The number of nitrogens with zero attached hydrogens (tertiary/aromatic N) is 8. The lowest BCUT2D eigenvalue weighted by Crippen LogP contribution is -2.48. The molecule has 0 saturated carbocycles. The molecule has 9 N–H and O–H groups in total. The molecule has 12 rings (SSSR count). The summed E-state index contributed by atoms with van der Waals surface area (Å²) in [5.74, 6) is -11.4. The number of carbonyl (C=O) groups is 10. The number of aryl methyl sites for hydroxylation is 4. The number of rotatable bonds is 27. The minimum absolute atomic E-state index is 0. The molecule has 6 unspecified atom stereocenters. The molecule has 12 aromatic rings. The molecular formula is C87H85ClF4N12O17. The lowest BCUT2D eigenvalue weighted by molar-refractivity contribution is -0.152. The van der Waals surface area contributed by atoms with Crippen molar-refractivity contribution in [3.8, 4) is 45.0 Å². The van der Waals surface area contributed by atoms with Gasteiger partial charge in [0.2, 0.25) is 0 Å². The molecule has 0 radical (unpaired) electrons. The number of ether oxygens (including phenoxy) is 3. The maximum absolute atomic E-state index is 14.3. The number of halogens is 5. The number of nitrogens with two attached hydrogens (primary N) is 1. The maximum Gasteiger partial charge on any atom is 0.376 e. The van der Waals surface area contributed by atoms with Crippen LogP contribution in [0.4, 0.5) is 17.6 Å². The van der Waals surface area contributed by atoms with Gasteiger partial charge in [-0.05, 0) is 83.6 Å². The minimum atomic E-state index is -1.65. The van der Waals surface area contributed by atoms with Crippen molar-refractivity contribution < 1.29 is 100 Å². The maximum atomic E-state index is 14.3. The molecule has 0 saturated heterocycles. The van der Waals surface area contributed by atoms with Gasteiger partial charge in [-0.15, -0.1) is 12.4 Å². The molecule has 4 heterocycles. The summed E-state index contributed by atoms with van der Waals surface area (Å²) >= 11 is 0. The van der Waals surface area contributed by atoms with E-state index in [2.05, 4.69) is 50.6 Å². The summed E-state index contributed by atoms with van der Waals surface area (Å²) in [6.45, 7) is 0. The highest BCUT2D eigenvalue weighted by atomic mass is 35.5. The number of aliphatic carboxylic acids is 1. The summed E-state index contributed by atoms with van der Waals surface area (Å²) in [6, 6.07) is 56.0. The van der Waals surface area contributed by atoms with Gasteiger partial charge in [-0.1, -0.05) is 170 Å². The van der Waals surface area contributed by atoms with Crippen LogP contribution in [0.25, 0.3) is 45.0 Å². The zero-order valence-corrected chi connectivity index (χ0v) is 66.9. The number of hydrogen-bond acceptors (Lipinski definition) is 20. The number of aliphatic hydroxyl groups excluding tert-OH is 2. The number of hydrogen-bond donors (Lipinski definition) is 8. The number of aromatic nitrogens is 8. The van der Waals surface area contributed by atoms with Gasteiger partial charge in [0.05, 0.1) is 44.1 Å². The largest absolute Gasteiger partial charge is 0.478 e. The Morgan fingerprint density at radius 1 is 0.372 bits per heavy atom. The lowest BCUT2D eigenvalue weighted by Gasteiger charge is -2.22. The van der Waals surface area contributed by atoms with Gasteiger partial charge in [0.1, 0.15) is 63.7 Å². The quantitative estimate of drug-likeness (QED) is 0.0103. The van der Waals surface area contributed by atoms with Gasteiger partial charge >= 0.3 is 29.8 Å². The Labute approximate surface area is 696 Å². The van der Waals surface area contributed by atoms with E-state index in [0.29, 0.717) is 12.0 Å². The molecule has 630 valence electrons. The molecule has 0 bridgehead atoms. The molecule has 0 aliphatic carbocycles. The predicted octanol–water partition coefficient (Wildman–Crippen LogP) is 9.07. The Balaban J connectivity index is 0.000000213. The first-order valence-corrected chi connectivity index (χ1v) is 36.5. The zero-order chi connectivity index (χ0) is 87.3. The Morgan fingerprint density at radius 2 is 0.645 bits per heavy atom.